The maximum atomic E-state index is 10.2. The lowest BCUT2D eigenvalue weighted by Crippen LogP contribution is -2.29. The molecule has 6 nitrogen and oxygen atoms in total. The molecule has 0 amide bonds. The van der Waals surface area contributed by atoms with E-state index >= 15 is 0 Å². The Hall–Kier alpha value is -1.76. The van der Waals surface area contributed by atoms with E-state index in [1.165, 1.54) is 0 Å². The molecular formula is C16H21N3O3. The summed E-state index contributed by atoms with van der Waals surface area (Å²) in [4.78, 5) is 4.02. The van der Waals surface area contributed by atoms with Gasteiger partial charge in [0.15, 0.2) is 0 Å². The normalized spacial score (nSPS) is 17.5. The van der Waals surface area contributed by atoms with Gasteiger partial charge in [0.2, 0.25) is 0 Å². The van der Waals surface area contributed by atoms with Crippen molar-refractivity contribution in [3.63, 3.8) is 0 Å². The van der Waals surface area contributed by atoms with E-state index < -0.39 is 6.10 Å². The van der Waals surface area contributed by atoms with Crippen LogP contribution >= 0.6 is 0 Å². The summed E-state index contributed by atoms with van der Waals surface area (Å²) in [7, 11) is 0. The number of aliphatic hydroxyl groups is 1. The zero-order valence-electron chi connectivity index (χ0n) is 12.5. The predicted molar refractivity (Wildman–Crippen MR) is 81.3 cm³/mol. The Morgan fingerprint density at radius 3 is 2.77 bits per heavy atom. The molecule has 1 fully saturated rings. The van der Waals surface area contributed by atoms with E-state index in [1.54, 1.807) is 23.3 Å². The zero-order valence-corrected chi connectivity index (χ0v) is 12.5. The van der Waals surface area contributed by atoms with Gasteiger partial charge in [-0.05, 0) is 31.0 Å². The van der Waals surface area contributed by atoms with E-state index in [2.05, 4.69) is 10.1 Å². The van der Waals surface area contributed by atoms with Crippen molar-refractivity contribution in [2.24, 2.45) is 0 Å². The molecule has 3 rings (SSSR count). The van der Waals surface area contributed by atoms with E-state index in [9.17, 15) is 5.11 Å². The number of aliphatic hydroxyl groups excluding tert-OH is 1. The summed E-state index contributed by atoms with van der Waals surface area (Å²) in [5.74, 6) is 0. The van der Waals surface area contributed by atoms with Gasteiger partial charge in [-0.25, -0.2) is 0 Å². The third-order valence-corrected chi connectivity index (χ3v) is 3.77. The maximum Gasteiger partial charge on any atom is 0.0969 e. The second-order valence-electron chi connectivity index (χ2n) is 5.43. The van der Waals surface area contributed by atoms with Crippen LogP contribution in [-0.2, 0) is 16.0 Å². The minimum absolute atomic E-state index is 0.195. The predicted octanol–water partition coefficient (Wildman–Crippen LogP) is 1.50. The monoisotopic (exact) mass is 303 g/mol. The molecule has 2 aromatic heterocycles. The highest BCUT2D eigenvalue weighted by Gasteiger charge is 2.17. The summed E-state index contributed by atoms with van der Waals surface area (Å²) in [6, 6.07) is 5.79. The molecule has 1 atom stereocenters. The Labute approximate surface area is 129 Å². The van der Waals surface area contributed by atoms with Gasteiger partial charge in [0.1, 0.15) is 0 Å². The summed E-state index contributed by atoms with van der Waals surface area (Å²) >= 11 is 0. The second-order valence-corrected chi connectivity index (χ2v) is 5.43. The number of aromatic nitrogens is 3. The standard InChI is InChI=1S/C16H21N3O3/c20-14(12-22-15-4-9-21-10-5-15)11-19-16(3-8-18-19)13-1-6-17-7-2-13/h1-3,6-8,14-15,20H,4-5,9-12H2/t14-/m1/s1. The summed E-state index contributed by atoms with van der Waals surface area (Å²) in [6.07, 6.45) is 6.65. The van der Waals surface area contributed by atoms with Crippen LogP contribution in [0.4, 0.5) is 0 Å². The number of ether oxygens (including phenoxy) is 2. The van der Waals surface area contributed by atoms with Gasteiger partial charge in [-0.2, -0.15) is 5.10 Å². The van der Waals surface area contributed by atoms with Crippen molar-refractivity contribution >= 4 is 0 Å². The van der Waals surface area contributed by atoms with E-state index in [0.717, 1.165) is 37.3 Å². The Morgan fingerprint density at radius 2 is 2.00 bits per heavy atom. The summed E-state index contributed by atoms with van der Waals surface area (Å²) in [6.45, 7) is 2.21. The molecule has 0 aromatic carbocycles. The molecular weight excluding hydrogens is 282 g/mol. The number of nitrogens with zero attached hydrogens (tertiary/aromatic N) is 3. The van der Waals surface area contributed by atoms with Crippen LogP contribution in [0, 0.1) is 0 Å². The van der Waals surface area contributed by atoms with Crippen molar-refractivity contribution in [1.82, 2.24) is 14.8 Å². The highest BCUT2D eigenvalue weighted by molar-refractivity contribution is 5.58. The topological polar surface area (TPSA) is 69.4 Å². The quantitative estimate of drug-likeness (QED) is 0.876. The number of rotatable bonds is 6. The molecule has 0 saturated carbocycles. The lowest BCUT2D eigenvalue weighted by molar-refractivity contribution is -0.0621. The van der Waals surface area contributed by atoms with Gasteiger partial charge in [-0.3, -0.25) is 9.67 Å². The van der Waals surface area contributed by atoms with Gasteiger partial charge in [0.25, 0.3) is 0 Å². The van der Waals surface area contributed by atoms with Crippen LogP contribution in [0.15, 0.2) is 36.8 Å². The fourth-order valence-corrected chi connectivity index (χ4v) is 2.59. The van der Waals surface area contributed by atoms with Gasteiger partial charge >= 0.3 is 0 Å². The minimum atomic E-state index is -0.580. The first-order valence-electron chi connectivity index (χ1n) is 7.62. The zero-order chi connectivity index (χ0) is 15.2. The molecule has 0 bridgehead atoms. The fourth-order valence-electron chi connectivity index (χ4n) is 2.59. The van der Waals surface area contributed by atoms with Crippen molar-refractivity contribution in [1.29, 1.82) is 0 Å². The first-order chi connectivity index (χ1) is 10.8. The first kappa shape index (κ1) is 15.1. The van der Waals surface area contributed by atoms with E-state index in [0.29, 0.717) is 13.2 Å². The average Bonchev–Trinajstić information content (AvgIpc) is 3.03. The first-order valence-corrected chi connectivity index (χ1v) is 7.62. The summed E-state index contributed by atoms with van der Waals surface area (Å²) in [5, 5.41) is 14.5. The Morgan fingerprint density at radius 1 is 1.23 bits per heavy atom. The van der Waals surface area contributed by atoms with Gasteiger partial charge in [-0.1, -0.05) is 0 Å². The molecule has 0 radical (unpaired) electrons. The van der Waals surface area contributed by atoms with Crippen LogP contribution in [0.5, 0.6) is 0 Å². The molecule has 1 N–H and O–H groups in total. The molecule has 118 valence electrons. The van der Waals surface area contributed by atoms with Gasteiger partial charge in [-0.15, -0.1) is 0 Å². The van der Waals surface area contributed by atoms with Gasteiger partial charge < -0.3 is 14.6 Å². The van der Waals surface area contributed by atoms with E-state index in [1.807, 2.05) is 18.2 Å². The highest BCUT2D eigenvalue weighted by Crippen LogP contribution is 2.18. The van der Waals surface area contributed by atoms with E-state index in [-0.39, 0.29) is 6.10 Å². The summed E-state index contributed by atoms with van der Waals surface area (Å²) < 4.78 is 12.9. The van der Waals surface area contributed by atoms with Crippen LogP contribution in [-0.4, -0.2) is 51.9 Å². The smallest absolute Gasteiger partial charge is 0.0969 e. The maximum absolute atomic E-state index is 10.2. The Bertz CT molecular complexity index is 567. The molecule has 6 heteroatoms. The largest absolute Gasteiger partial charge is 0.389 e. The van der Waals surface area contributed by atoms with Crippen molar-refractivity contribution in [3.05, 3.63) is 36.8 Å². The molecule has 0 spiro atoms. The third kappa shape index (κ3) is 3.91. The number of hydrogen-bond donors (Lipinski definition) is 1. The molecule has 1 saturated heterocycles. The van der Waals surface area contributed by atoms with Gasteiger partial charge in [0.05, 0.1) is 31.1 Å². The van der Waals surface area contributed by atoms with Crippen molar-refractivity contribution in [2.45, 2.75) is 31.6 Å². The summed E-state index contributed by atoms with van der Waals surface area (Å²) in [5.41, 5.74) is 2.00. The van der Waals surface area contributed by atoms with Crippen LogP contribution in [0.1, 0.15) is 12.8 Å². The van der Waals surface area contributed by atoms with Crippen molar-refractivity contribution in [2.75, 3.05) is 19.8 Å². The molecule has 3 heterocycles. The third-order valence-electron chi connectivity index (χ3n) is 3.77. The lowest BCUT2D eigenvalue weighted by atomic mass is 10.1. The molecule has 1 aliphatic rings. The minimum Gasteiger partial charge on any atom is -0.389 e. The SMILES string of the molecule is O[C@@H](COC1CCOCC1)Cn1nccc1-c1ccncc1. The van der Waals surface area contributed by atoms with Crippen molar-refractivity contribution in [3.8, 4) is 11.3 Å². The average molecular weight is 303 g/mol. The molecule has 22 heavy (non-hydrogen) atoms. The van der Waals surface area contributed by atoms with E-state index in [4.69, 9.17) is 9.47 Å². The second kappa shape index (κ2) is 7.49. The van der Waals surface area contributed by atoms with Crippen LogP contribution in [0.2, 0.25) is 0 Å². The highest BCUT2D eigenvalue weighted by atomic mass is 16.5. The Kier molecular flexibility index (Phi) is 5.15. The number of pyridine rings is 1. The molecule has 0 aliphatic carbocycles. The van der Waals surface area contributed by atoms with Crippen LogP contribution < -0.4 is 0 Å². The molecule has 2 aromatic rings. The fraction of sp³-hybridized carbons (Fsp3) is 0.500. The Balaban J connectivity index is 1.55. The molecule has 1 aliphatic heterocycles. The molecule has 0 unspecified atom stereocenters. The van der Waals surface area contributed by atoms with Crippen molar-refractivity contribution < 1.29 is 14.6 Å². The van der Waals surface area contributed by atoms with Crippen LogP contribution in [0.25, 0.3) is 11.3 Å². The number of hydrogen-bond acceptors (Lipinski definition) is 5. The lowest BCUT2D eigenvalue weighted by Gasteiger charge is -2.24. The van der Waals surface area contributed by atoms with Crippen LogP contribution in [0.3, 0.4) is 0 Å². The van der Waals surface area contributed by atoms with Gasteiger partial charge in [0, 0.05) is 37.4 Å².